The van der Waals surface area contributed by atoms with Crippen LogP contribution in [0.25, 0.3) is 0 Å². The summed E-state index contributed by atoms with van der Waals surface area (Å²) < 4.78 is 5.83. The number of carbonyl (C=O) groups is 1. The van der Waals surface area contributed by atoms with Gasteiger partial charge in [0.1, 0.15) is 5.75 Å². The molecule has 6 heteroatoms. The van der Waals surface area contributed by atoms with Gasteiger partial charge in [-0.25, -0.2) is 0 Å². The Kier molecular flexibility index (Phi) is 8.66. The summed E-state index contributed by atoms with van der Waals surface area (Å²) in [6, 6.07) is 17.8. The van der Waals surface area contributed by atoms with E-state index in [2.05, 4.69) is 46.3 Å². The van der Waals surface area contributed by atoms with Gasteiger partial charge in [-0.1, -0.05) is 62.2 Å². The summed E-state index contributed by atoms with van der Waals surface area (Å²) in [4.78, 5) is 17.3. The largest absolute Gasteiger partial charge is 0.493 e. The first-order chi connectivity index (χ1) is 14.7. The number of thiocarbonyl (C=S) groups is 1. The van der Waals surface area contributed by atoms with Crippen molar-refractivity contribution in [1.82, 2.24) is 15.1 Å². The standard InChI is InChI=1S/C24H31N3O2S/c1-2-3-9-18-29-22-13-8-7-12-21(22)23(28)25-24(30)27-16-14-26(15-17-27)19-20-10-5-4-6-11-20/h4-8,10-13H,2-3,9,14-19H2,1H3,(H,25,28,30). The van der Waals surface area contributed by atoms with Crippen LogP contribution in [0.1, 0.15) is 42.1 Å². The topological polar surface area (TPSA) is 44.8 Å². The molecule has 160 valence electrons. The van der Waals surface area contributed by atoms with Crippen LogP contribution in [-0.2, 0) is 6.54 Å². The number of rotatable bonds is 8. The lowest BCUT2D eigenvalue weighted by atomic mass is 10.2. The molecule has 0 unspecified atom stereocenters. The second-order valence-electron chi connectivity index (χ2n) is 7.56. The van der Waals surface area contributed by atoms with Crippen LogP contribution >= 0.6 is 12.2 Å². The van der Waals surface area contributed by atoms with Gasteiger partial charge in [-0.3, -0.25) is 15.0 Å². The normalized spacial score (nSPS) is 14.4. The Bertz CT molecular complexity index is 820. The highest BCUT2D eigenvalue weighted by Crippen LogP contribution is 2.18. The van der Waals surface area contributed by atoms with Crippen LogP contribution in [0.4, 0.5) is 0 Å². The molecule has 1 N–H and O–H groups in total. The Labute approximate surface area is 185 Å². The number of amides is 1. The third kappa shape index (κ3) is 6.54. The predicted octanol–water partition coefficient (Wildman–Crippen LogP) is 4.09. The summed E-state index contributed by atoms with van der Waals surface area (Å²) in [5.41, 5.74) is 1.84. The molecule has 3 rings (SSSR count). The van der Waals surface area contributed by atoms with E-state index in [-0.39, 0.29) is 5.91 Å². The molecule has 0 saturated carbocycles. The van der Waals surface area contributed by atoms with Gasteiger partial charge in [0.05, 0.1) is 12.2 Å². The van der Waals surface area contributed by atoms with Crippen molar-refractivity contribution in [2.45, 2.75) is 32.7 Å². The number of para-hydroxylation sites is 1. The molecular weight excluding hydrogens is 394 g/mol. The number of hydrogen-bond donors (Lipinski definition) is 1. The highest BCUT2D eigenvalue weighted by Gasteiger charge is 2.21. The highest BCUT2D eigenvalue weighted by molar-refractivity contribution is 7.80. The fraction of sp³-hybridized carbons (Fsp3) is 0.417. The Balaban J connectivity index is 1.49. The van der Waals surface area contributed by atoms with Gasteiger partial charge in [0.15, 0.2) is 5.11 Å². The fourth-order valence-corrected chi connectivity index (χ4v) is 3.78. The number of nitrogens with zero attached hydrogens (tertiary/aromatic N) is 2. The van der Waals surface area contributed by atoms with Gasteiger partial charge in [0, 0.05) is 32.7 Å². The van der Waals surface area contributed by atoms with Gasteiger partial charge >= 0.3 is 0 Å². The molecule has 1 heterocycles. The van der Waals surface area contributed by atoms with Crippen LogP contribution in [0.5, 0.6) is 5.75 Å². The van der Waals surface area contributed by atoms with Crippen LogP contribution in [0.3, 0.4) is 0 Å². The Morgan fingerprint density at radius 3 is 2.43 bits per heavy atom. The fourth-order valence-electron chi connectivity index (χ4n) is 3.51. The summed E-state index contributed by atoms with van der Waals surface area (Å²) in [5.74, 6) is 0.402. The van der Waals surface area contributed by atoms with Crippen molar-refractivity contribution < 1.29 is 9.53 Å². The molecule has 1 aliphatic rings. The molecule has 0 radical (unpaired) electrons. The van der Waals surface area contributed by atoms with E-state index in [0.29, 0.717) is 23.0 Å². The van der Waals surface area contributed by atoms with E-state index in [0.717, 1.165) is 52.0 Å². The minimum atomic E-state index is -0.210. The quantitative estimate of drug-likeness (QED) is 0.510. The molecule has 1 amide bonds. The molecule has 0 aliphatic carbocycles. The monoisotopic (exact) mass is 425 g/mol. The molecule has 2 aromatic rings. The number of unbranched alkanes of at least 4 members (excludes halogenated alkanes) is 2. The van der Waals surface area contributed by atoms with E-state index in [4.69, 9.17) is 17.0 Å². The van der Waals surface area contributed by atoms with Gasteiger partial charge in [0.25, 0.3) is 5.91 Å². The number of hydrogen-bond acceptors (Lipinski definition) is 4. The Morgan fingerprint density at radius 2 is 1.70 bits per heavy atom. The first-order valence-electron chi connectivity index (χ1n) is 10.8. The number of piperazine rings is 1. The SMILES string of the molecule is CCCCCOc1ccccc1C(=O)NC(=S)N1CCN(Cc2ccccc2)CC1. The molecule has 1 aliphatic heterocycles. The molecule has 5 nitrogen and oxygen atoms in total. The predicted molar refractivity (Wildman–Crippen MR) is 125 cm³/mol. The average Bonchev–Trinajstić information content (AvgIpc) is 2.78. The molecular formula is C24H31N3O2S. The molecule has 1 fully saturated rings. The van der Waals surface area contributed by atoms with Crippen LogP contribution in [-0.4, -0.2) is 53.6 Å². The molecule has 1 saturated heterocycles. The molecule has 0 spiro atoms. The molecule has 0 atom stereocenters. The minimum absolute atomic E-state index is 0.210. The van der Waals surface area contributed by atoms with Crippen molar-refractivity contribution >= 4 is 23.2 Å². The van der Waals surface area contributed by atoms with Crippen molar-refractivity contribution in [3.05, 3.63) is 65.7 Å². The summed E-state index contributed by atoms with van der Waals surface area (Å²) >= 11 is 5.52. The van der Waals surface area contributed by atoms with E-state index < -0.39 is 0 Å². The molecule has 30 heavy (non-hydrogen) atoms. The van der Waals surface area contributed by atoms with E-state index >= 15 is 0 Å². The summed E-state index contributed by atoms with van der Waals surface area (Å²) in [7, 11) is 0. The lowest BCUT2D eigenvalue weighted by molar-refractivity contribution is 0.0965. The highest BCUT2D eigenvalue weighted by atomic mass is 32.1. The maximum absolute atomic E-state index is 12.8. The second-order valence-corrected chi connectivity index (χ2v) is 7.95. The van der Waals surface area contributed by atoms with Crippen LogP contribution in [0, 0.1) is 0 Å². The number of carbonyl (C=O) groups excluding carboxylic acids is 1. The van der Waals surface area contributed by atoms with Crippen molar-refractivity contribution in [3.63, 3.8) is 0 Å². The van der Waals surface area contributed by atoms with E-state index in [9.17, 15) is 4.79 Å². The maximum atomic E-state index is 12.8. The number of ether oxygens (including phenoxy) is 1. The Hall–Kier alpha value is -2.44. The first kappa shape index (κ1) is 22.2. The Morgan fingerprint density at radius 1 is 1.00 bits per heavy atom. The molecule has 0 aromatic heterocycles. The number of nitrogens with one attached hydrogen (secondary N) is 1. The minimum Gasteiger partial charge on any atom is -0.493 e. The first-order valence-corrected chi connectivity index (χ1v) is 11.2. The van der Waals surface area contributed by atoms with E-state index in [1.165, 1.54) is 5.56 Å². The third-order valence-electron chi connectivity index (χ3n) is 5.27. The zero-order chi connectivity index (χ0) is 21.2. The summed E-state index contributed by atoms with van der Waals surface area (Å²) in [5, 5.41) is 3.38. The van der Waals surface area contributed by atoms with Gasteiger partial charge in [-0.15, -0.1) is 0 Å². The summed E-state index contributed by atoms with van der Waals surface area (Å²) in [6.45, 7) is 7.17. The average molecular weight is 426 g/mol. The van der Waals surface area contributed by atoms with Gasteiger partial charge in [-0.05, 0) is 36.3 Å². The lowest BCUT2D eigenvalue weighted by Crippen LogP contribution is -2.52. The van der Waals surface area contributed by atoms with Crippen molar-refractivity contribution in [2.24, 2.45) is 0 Å². The van der Waals surface area contributed by atoms with Crippen molar-refractivity contribution in [3.8, 4) is 5.75 Å². The zero-order valence-electron chi connectivity index (χ0n) is 17.7. The maximum Gasteiger partial charge on any atom is 0.261 e. The second kappa shape index (κ2) is 11.7. The van der Waals surface area contributed by atoms with Crippen LogP contribution in [0.2, 0.25) is 0 Å². The van der Waals surface area contributed by atoms with E-state index in [1.54, 1.807) is 6.07 Å². The van der Waals surface area contributed by atoms with Crippen LogP contribution < -0.4 is 10.1 Å². The smallest absolute Gasteiger partial charge is 0.261 e. The lowest BCUT2D eigenvalue weighted by Gasteiger charge is -2.36. The van der Waals surface area contributed by atoms with Gasteiger partial charge in [0.2, 0.25) is 0 Å². The molecule has 0 bridgehead atoms. The van der Waals surface area contributed by atoms with Gasteiger partial charge in [-0.2, -0.15) is 0 Å². The van der Waals surface area contributed by atoms with Gasteiger partial charge < -0.3 is 9.64 Å². The molecule has 2 aromatic carbocycles. The zero-order valence-corrected chi connectivity index (χ0v) is 18.5. The number of benzene rings is 2. The van der Waals surface area contributed by atoms with Crippen molar-refractivity contribution in [1.29, 1.82) is 0 Å². The summed E-state index contributed by atoms with van der Waals surface area (Å²) in [6.07, 6.45) is 3.24. The third-order valence-corrected chi connectivity index (χ3v) is 5.63. The van der Waals surface area contributed by atoms with Crippen molar-refractivity contribution in [2.75, 3.05) is 32.8 Å². The van der Waals surface area contributed by atoms with Crippen LogP contribution in [0.15, 0.2) is 54.6 Å². The van der Waals surface area contributed by atoms with E-state index in [1.807, 2.05) is 24.3 Å².